The second kappa shape index (κ2) is 9.30. The first kappa shape index (κ1) is 23.9. The molecule has 3 N–H and O–H groups in total. The van der Waals surface area contributed by atoms with E-state index in [-0.39, 0.29) is 18.0 Å². The van der Waals surface area contributed by atoms with Crippen molar-refractivity contribution in [3.8, 4) is 23.0 Å². The molecule has 0 unspecified atom stereocenters. The van der Waals surface area contributed by atoms with Crippen LogP contribution in [-0.4, -0.2) is 36.2 Å². The van der Waals surface area contributed by atoms with E-state index in [2.05, 4.69) is 20.0 Å². The Labute approximate surface area is 208 Å². The third kappa shape index (κ3) is 5.22. The van der Waals surface area contributed by atoms with Crippen LogP contribution in [0.1, 0.15) is 21.9 Å². The van der Waals surface area contributed by atoms with Gasteiger partial charge in [0.1, 0.15) is 22.8 Å². The molecule has 12 heteroatoms. The van der Waals surface area contributed by atoms with Gasteiger partial charge in [0.05, 0.1) is 24.1 Å². The standard InChI is InChI=1S/C25H20F3N7O2/c1-15-4-2-7-20(32-15)24-33-17(11-30-16-5-3-6-19(10-16)37-25(26,27)28)13-34(24)18-8-9-22-31-12-21(23(29)36)35(22)14-18/h2-10,12-14,30H,11H2,1H3,(H2,29,36). The van der Waals surface area contributed by atoms with Crippen molar-refractivity contribution in [1.29, 1.82) is 0 Å². The summed E-state index contributed by atoms with van der Waals surface area (Å²) in [6, 6.07) is 14.7. The minimum absolute atomic E-state index is 0.209. The quantitative estimate of drug-likeness (QED) is 0.336. The number of aromatic nitrogens is 5. The van der Waals surface area contributed by atoms with Crippen LogP contribution in [0.4, 0.5) is 18.9 Å². The number of carbonyl (C=O) groups is 1. The molecule has 0 spiro atoms. The maximum absolute atomic E-state index is 12.6. The number of aryl methyl sites for hydroxylation is 1. The molecule has 4 aromatic heterocycles. The van der Waals surface area contributed by atoms with E-state index in [1.165, 1.54) is 24.4 Å². The van der Waals surface area contributed by atoms with Crippen molar-refractivity contribution in [2.75, 3.05) is 5.32 Å². The van der Waals surface area contributed by atoms with Gasteiger partial charge in [0.2, 0.25) is 0 Å². The number of nitrogens with one attached hydrogen (secondary N) is 1. The number of halogens is 3. The summed E-state index contributed by atoms with van der Waals surface area (Å²) < 4.78 is 45.1. The maximum atomic E-state index is 12.6. The number of hydrogen-bond acceptors (Lipinski definition) is 6. The van der Waals surface area contributed by atoms with Crippen molar-refractivity contribution in [3.63, 3.8) is 0 Å². The van der Waals surface area contributed by atoms with Crippen LogP contribution in [0.5, 0.6) is 5.75 Å². The van der Waals surface area contributed by atoms with E-state index >= 15 is 0 Å². The summed E-state index contributed by atoms with van der Waals surface area (Å²) in [5.74, 6) is -0.404. The minimum atomic E-state index is -4.78. The number of ether oxygens (including phenoxy) is 1. The molecular formula is C25H20F3N7O2. The topological polar surface area (TPSA) is 112 Å². The summed E-state index contributed by atoms with van der Waals surface area (Å²) in [7, 11) is 0. The SMILES string of the molecule is Cc1cccc(-c2nc(CNc3cccc(OC(F)(F)F)c3)cn2-c2ccc3ncc(C(N)=O)n3c2)n1. The first-order valence-corrected chi connectivity index (χ1v) is 11.1. The molecular weight excluding hydrogens is 487 g/mol. The van der Waals surface area contributed by atoms with E-state index in [0.29, 0.717) is 34.2 Å². The third-order valence-corrected chi connectivity index (χ3v) is 5.44. The van der Waals surface area contributed by atoms with Crippen LogP contribution >= 0.6 is 0 Å². The van der Waals surface area contributed by atoms with Crippen LogP contribution in [0.15, 0.2) is 73.2 Å². The predicted octanol–water partition coefficient (Wildman–Crippen LogP) is 4.50. The normalized spacial score (nSPS) is 11.6. The highest BCUT2D eigenvalue weighted by Crippen LogP contribution is 2.26. The Balaban J connectivity index is 1.51. The van der Waals surface area contributed by atoms with Crippen LogP contribution in [0.25, 0.3) is 22.9 Å². The monoisotopic (exact) mass is 507 g/mol. The molecule has 0 saturated heterocycles. The molecule has 37 heavy (non-hydrogen) atoms. The number of amides is 1. The van der Waals surface area contributed by atoms with Crippen LogP contribution in [-0.2, 0) is 6.54 Å². The minimum Gasteiger partial charge on any atom is -0.406 e. The van der Waals surface area contributed by atoms with Crippen molar-refractivity contribution < 1.29 is 22.7 Å². The van der Waals surface area contributed by atoms with Crippen molar-refractivity contribution >= 4 is 17.2 Å². The Hall–Kier alpha value is -4.87. The van der Waals surface area contributed by atoms with Crippen LogP contribution in [0, 0.1) is 6.92 Å². The van der Waals surface area contributed by atoms with Crippen molar-refractivity contribution in [1.82, 2.24) is 23.9 Å². The fraction of sp³-hybridized carbons (Fsp3) is 0.120. The number of alkyl halides is 3. The van der Waals surface area contributed by atoms with Gasteiger partial charge in [0, 0.05) is 29.8 Å². The molecule has 0 bridgehead atoms. The summed E-state index contributed by atoms with van der Waals surface area (Å²) in [5, 5.41) is 3.07. The number of rotatable bonds is 7. The molecule has 0 atom stereocenters. The summed E-state index contributed by atoms with van der Waals surface area (Å²) in [6.45, 7) is 2.08. The fourth-order valence-corrected chi connectivity index (χ4v) is 3.85. The number of primary amides is 1. The number of nitrogens with two attached hydrogens (primary N) is 1. The van der Waals surface area contributed by atoms with Crippen LogP contribution < -0.4 is 15.8 Å². The zero-order chi connectivity index (χ0) is 26.2. The molecule has 0 saturated carbocycles. The van der Waals surface area contributed by atoms with Gasteiger partial charge >= 0.3 is 6.36 Å². The lowest BCUT2D eigenvalue weighted by Gasteiger charge is -2.10. The van der Waals surface area contributed by atoms with Crippen molar-refractivity contribution in [2.24, 2.45) is 5.73 Å². The molecule has 0 aliphatic rings. The second-order valence-corrected chi connectivity index (χ2v) is 8.14. The molecule has 5 aromatic rings. The summed E-state index contributed by atoms with van der Waals surface area (Å²) in [6.07, 6.45) is 0.130. The largest absolute Gasteiger partial charge is 0.573 e. The highest BCUT2D eigenvalue weighted by Gasteiger charge is 2.31. The zero-order valence-electron chi connectivity index (χ0n) is 19.4. The lowest BCUT2D eigenvalue weighted by Crippen LogP contribution is -2.17. The first-order chi connectivity index (χ1) is 17.7. The molecule has 5 rings (SSSR count). The van der Waals surface area contributed by atoms with Gasteiger partial charge in [-0.2, -0.15) is 0 Å². The maximum Gasteiger partial charge on any atom is 0.573 e. The van der Waals surface area contributed by atoms with E-state index in [0.717, 1.165) is 5.69 Å². The van der Waals surface area contributed by atoms with Gasteiger partial charge in [0.15, 0.2) is 5.82 Å². The Morgan fingerprint density at radius 2 is 1.89 bits per heavy atom. The van der Waals surface area contributed by atoms with Gasteiger partial charge < -0.3 is 15.8 Å². The van der Waals surface area contributed by atoms with Gasteiger partial charge in [-0.3, -0.25) is 13.8 Å². The molecule has 0 fully saturated rings. The van der Waals surface area contributed by atoms with Gasteiger partial charge in [-0.1, -0.05) is 12.1 Å². The van der Waals surface area contributed by atoms with Crippen molar-refractivity contribution in [3.05, 3.63) is 90.3 Å². The molecule has 4 heterocycles. The number of imidazole rings is 2. The highest BCUT2D eigenvalue weighted by atomic mass is 19.4. The Morgan fingerprint density at radius 1 is 1.08 bits per heavy atom. The summed E-state index contributed by atoms with van der Waals surface area (Å²) in [4.78, 5) is 25.3. The number of fused-ring (bicyclic) bond motifs is 1. The number of benzene rings is 1. The van der Waals surface area contributed by atoms with Crippen LogP contribution in [0.2, 0.25) is 0 Å². The summed E-state index contributed by atoms with van der Waals surface area (Å²) >= 11 is 0. The number of nitrogens with zero attached hydrogens (tertiary/aromatic N) is 5. The van der Waals surface area contributed by atoms with Gasteiger partial charge in [0.25, 0.3) is 5.91 Å². The lowest BCUT2D eigenvalue weighted by atomic mass is 10.3. The molecule has 188 valence electrons. The highest BCUT2D eigenvalue weighted by molar-refractivity contribution is 5.91. The second-order valence-electron chi connectivity index (χ2n) is 8.14. The van der Waals surface area contributed by atoms with E-state index in [1.54, 1.807) is 28.9 Å². The molecule has 1 aromatic carbocycles. The lowest BCUT2D eigenvalue weighted by molar-refractivity contribution is -0.274. The molecule has 0 aliphatic carbocycles. The van der Waals surface area contributed by atoms with Crippen molar-refractivity contribution in [2.45, 2.75) is 19.8 Å². The molecule has 0 radical (unpaired) electrons. The Kier molecular flexibility index (Phi) is 5.99. The van der Waals surface area contributed by atoms with E-state index in [9.17, 15) is 18.0 Å². The molecule has 0 aliphatic heterocycles. The van der Waals surface area contributed by atoms with E-state index in [4.69, 9.17) is 10.7 Å². The van der Waals surface area contributed by atoms with Gasteiger partial charge in [-0.05, 0) is 43.3 Å². The van der Waals surface area contributed by atoms with Gasteiger partial charge in [-0.15, -0.1) is 13.2 Å². The Bertz CT molecular complexity index is 1610. The predicted molar refractivity (Wildman–Crippen MR) is 129 cm³/mol. The average molecular weight is 507 g/mol. The Morgan fingerprint density at radius 3 is 2.65 bits per heavy atom. The first-order valence-electron chi connectivity index (χ1n) is 11.1. The number of hydrogen-bond donors (Lipinski definition) is 2. The zero-order valence-corrected chi connectivity index (χ0v) is 19.4. The fourth-order valence-electron chi connectivity index (χ4n) is 3.85. The number of anilines is 1. The smallest absolute Gasteiger partial charge is 0.406 e. The van der Waals surface area contributed by atoms with E-state index in [1.807, 2.05) is 35.8 Å². The summed E-state index contributed by atoms with van der Waals surface area (Å²) in [5.41, 5.74) is 9.39. The van der Waals surface area contributed by atoms with E-state index < -0.39 is 12.3 Å². The average Bonchev–Trinajstić information content (AvgIpc) is 3.46. The van der Waals surface area contributed by atoms with Crippen LogP contribution in [0.3, 0.4) is 0 Å². The molecule has 9 nitrogen and oxygen atoms in total. The number of pyridine rings is 2. The molecule has 1 amide bonds. The third-order valence-electron chi connectivity index (χ3n) is 5.44. The number of carbonyl (C=O) groups excluding carboxylic acids is 1. The van der Waals surface area contributed by atoms with Gasteiger partial charge in [-0.25, -0.2) is 15.0 Å².